The summed E-state index contributed by atoms with van der Waals surface area (Å²) < 4.78 is 5.64. The molecule has 0 spiro atoms. The number of carbonyl (C=O) groups excluding carboxylic acids is 2. The lowest BCUT2D eigenvalue weighted by molar-refractivity contribution is -0.118. The van der Waals surface area contributed by atoms with Crippen molar-refractivity contribution in [2.45, 2.75) is 40.0 Å². The lowest BCUT2D eigenvalue weighted by Crippen LogP contribution is -2.27. The number of anilines is 2. The van der Waals surface area contributed by atoms with Crippen molar-refractivity contribution in [2.24, 2.45) is 11.3 Å². The van der Waals surface area contributed by atoms with E-state index in [1.165, 1.54) is 16.2 Å². The van der Waals surface area contributed by atoms with Crippen LogP contribution in [0.25, 0.3) is 10.8 Å². The Balaban J connectivity index is 1.43. The maximum atomic E-state index is 13.8. The molecule has 1 atom stereocenters. The van der Waals surface area contributed by atoms with Gasteiger partial charge in [0.1, 0.15) is 10.8 Å². The summed E-state index contributed by atoms with van der Waals surface area (Å²) in [5.74, 6) is 0.492. The number of nitrogens with one attached hydrogen (secondary N) is 2. The Morgan fingerprint density at radius 2 is 1.79 bits per heavy atom. The number of ether oxygens (including phenoxy) is 1. The number of carbonyl (C=O) groups is 2. The topological polar surface area (TPSA) is 67.4 Å². The van der Waals surface area contributed by atoms with Gasteiger partial charge in [-0.3, -0.25) is 9.59 Å². The second kappa shape index (κ2) is 10.8. The number of halogens is 1. The van der Waals surface area contributed by atoms with Gasteiger partial charge in [0.15, 0.2) is 6.61 Å². The van der Waals surface area contributed by atoms with Crippen LogP contribution in [0.2, 0.25) is 5.02 Å². The van der Waals surface area contributed by atoms with Gasteiger partial charge in [-0.25, -0.2) is 0 Å². The summed E-state index contributed by atoms with van der Waals surface area (Å²) in [5.41, 5.74) is 2.51. The third-order valence-electron chi connectivity index (χ3n) is 7.17. The van der Waals surface area contributed by atoms with Crippen molar-refractivity contribution in [3.8, 4) is 5.75 Å². The summed E-state index contributed by atoms with van der Waals surface area (Å²) in [6, 6.07) is 20.8. The van der Waals surface area contributed by atoms with Crippen molar-refractivity contribution in [1.82, 2.24) is 0 Å². The number of hydrogen-bond acceptors (Lipinski definition) is 4. The zero-order valence-corrected chi connectivity index (χ0v) is 23.3. The minimum absolute atomic E-state index is 0.168. The van der Waals surface area contributed by atoms with Crippen molar-refractivity contribution in [2.75, 3.05) is 17.2 Å². The van der Waals surface area contributed by atoms with Crippen LogP contribution in [0.3, 0.4) is 0 Å². The molecule has 0 fully saturated rings. The smallest absolute Gasteiger partial charge is 0.262 e. The summed E-state index contributed by atoms with van der Waals surface area (Å²) in [5, 5.41) is 9.23. The van der Waals surface area contributed by atoms with Crippen LogP contribution in [0.5, 0.6) is 5.75 Å². The normalized spacial score (nSPS) is 15.1. The monoisotopic (exact) mass is 546 g/mol. The molecular formula is C31H31ClN2O3S. The van der Waals surface area contributed by atoms with Crippen LogP contribution in [-0.4, -0.2) is 18.4 Å². The van der Waals surface area contributed by atoms with E-state index in [2.05, 4.69) is 31.4 Å². The molecule has 4 aromatic rings. The molecule has 0 radical (unpaired) electrons. The van der Waals surface area contributed by atoms with Gasteiger partial charge >= 0.3 is 0 Å². The number of amides is 2. The van der Waals surface area contributed by atoms with Crippen molar-refractivity contribution in [3.05, 3.63) is 87.8 Å². The van der Waals surface area contributed by atoms with E-state index in [0.717, 1.165) is 41.3 Å². The molecule has 5 rings (SSSR count). The van der Waals surface area contributed by atoms with Gasteiger partial charge < -0.3 is 15.4 Å². The van der Waals surface area contributed by atoms with Crippen LogP contribution >= 0.6 is 22.9 Å². The molecule has 196 valence electrons. The minimum Gasteiger partial charge on any atom is -0.484 e. The van der Waals surface area contributed by atoms with Crippen LogP contribution in [0.1, 0.15) is 48.0 Å². The summed E-state index contributed by atoms with van der Waals surface area (Å²) in [6.45, 7) is 6.61. The fourth-order valence-electron chi connectivity index (χ4n) is 5.04. The van der Waals surface area contributed by atoms with Gasteiger partial charge in [0.05, 0.1) is 5.56 Å². The first-order chi connectivity index (χ1) is 18.2. The molecule has 0 aliphatic heterocycles. The van der Waals surface area contributed by atoms with Gasteiger partial charge in [-0.05, 0) is 65.8 Å². The number of hydrogen-bond donors (Lipinski definition) is 2. The number of benzene rings is 3. The molecule has 1 heterocycles. The lowest BCUT2D eigenvalue weighted by Gasteiger charge is -2.33. The first-order valence-electron chi connectivity index (χ1n) is 12.8. The van der Waals surface area contributed by atoms with E-state index in [1.807, 2.05) is 42.5 Å². The Labute approximate surface area is 232 Å². The molecule has 1 aliphatic rings. The fraction of sp³-hybridized carbons (Fsp3) is 0.290. The van der Waals surface area contributed by atoms with Crippen LogP contribution in [0, 0.1) is 11.3 Å². The molecule has 2 N–H and O–H groups in total. The summed E-state index contributed by atoms with van der Waals surface area (Å²) in [7, 11) is 0. The third kappa shape index (κ3) is 5.71. The molecule has 7 heteroatoms. The van der Waals surface area contributed by atoms with Gasteiger partial charge in [0.25, 0.3) is 11.8 Å². The number of fused-ring (bicyclic) bond motifs is 2. The van der Waals surface area contributed by atoms with E-state index in [0.29, 0.717) is 27.3 Å². The van der Waals surface area contributed by atoms with Crippen LogP contribution in [-0.2, 0) is 17.6 Å². The van der Waals surface area contributed by atoms with Crippen LogP contribution < -0.4 is 15.4 Å². The van der Waals surface area contributed by atoms with Crippen molar-refractivity contribution in [1.29, 1.82) is 0 Å². The van der Waals surface area contributed by atoms with Crippen molar-refractivity contribution in [3.63, 3.8) is 0 Å². The Morgan fingerprint density at radius 1 is 1.03 bits per heavy atom. The average molecular weight is 547 g/mol. The van der Waals surface area contributed by atoms with Gasteiger partial charge in [-0.2, -0.15) is 0 Å². The fourth-order valence-corrected chi connectivity index (χ4v) is 6.56. The zero-order chi connectivity index (χ0) is 26.9. The molecule has 38 heavy (non-hydrogen) atoms. The Kier molecular flexibility index (Phi) is 7.46. The molecule has 1 aliphatic carbocycles. The van der Waals surface area contributed by atoms with Crippen molar-refractivity contribution < 1.29 is 14.3 Å². The first-order valence-corrected chi connectivity index (χ1v) is 14.0. The van der Waals surface area contributed by atoms with Gasteiger partial charge in [-0.15, -0.1) is 11.3 Å². The lowest BCUT2D eigenvalue weighted by atomic mass is 9.72. The highest BCUT2D eigenvalue weighted by atomic mass is 35.5. The molecule has 2 amide bonds. The van der Waals surface area contributed by atoms with E-state index < -0.39 is 0 Å². The van der Waals surface area contributed by atoms with Crippen molar-refractivity contribution >= 4 is 56.2 Å². The van der Waals surface area contributed by atoms with E-state index in [-0.39, 0.29) is 23.8 Å². The maximum absolute atomic E-state index is 13.8. The highest BCUT2D eigenvalue weighted by molar-refractivity contribution is 7.17. The van der Waals surface area contributed by atoms with E-state index in [9.17, 15) is 9.59 Å². The largest absolute Gasteiger partial charge is 0.484 e. The predicted molar refractivity (Wildman–Crippen MR) is 157 cm³/mol. The second-order valence-corrected chi connectivity index (χ2v) is 12.3. The Bertz CT molecular complexity index is 1500. The highest BCUT2D eigenvalue weighted by Gasteiger charge is 2.34. The standard InChI is InChI=1S/C31H31ClN2O3S/c1-31(2,3)20-14-15-24-26(16-20)38-30(34-27(35)18-37-22-11-7-10-21(32)17-22)28(24)29(36)33-25-13-6-9-19-8-4-5-12-23(19)25/h4-13,17,20H,14-16,18H2,1-3H3,(H,33,36)(H,34,35). The zero-order valence-electron chi connectivity index (χ0n) is 21.8. The number of rotatable bonds is 6. The Hall–Kier alpha value is -3.35. The third-order valence-corrected chi connectivity index (χ3v) is 8.58. The van der Waals surface area contributed by atoms with Gasteiger partial charge in [0.2, 0.25) is 0 Å². The molecule has 5 nitrogen and oxygen atoms in total. The molecule has 0 saturated heterocycles. The second-order valence-electron chi connectivity index (χ2n) is 10.8. The molecule has 0 saturated carbocycles. The van der Waals surface area contributed by atoms with Gasteiger partial charge in [0, 0.05) is 21.0 Å². The van der Waals surface area contributed by atoms with E-state index in [4.69, 9.17) is 16.3 Å². The quantitative estimate of drug-likeness (QED) is 0.257. The highest BCUT2D eigenvalue weighted by Crippen LogP contribution is 2.44. The van der Waals surface area contributed by atoms with Crippen LogP contribution in [0.4, 0.5) is 10.7 Å². The molecule has 1 unspecified atom stereocenters. The average Bonchev–Trinajstić information content (AvgIpc) is 3.24. The van der Waals surface area contributed by atoms with Crippen LogP contribution in [0.15, 0.2) is 66.7 Å². The predicted octanol–water partition coefficient (Wildman–Crippen LogP) is 7.98. The maximum Gasteiger partial charge on any atom is 0.262 e. The number of thiophene rings is 1. The van der Waals surface area contributed by atoms with E-state index in [1.54, 1.807) is 24.3 Å². The summed E-state index contributed by atoms with van der Waals surface area (Å²) in [4.78, 5) is 27.9. The van der Waals surface area contributed by atoms with E-state index >= 15 is 0 Å². The van der Waals surface area contributed by atoms with Gasteiger partial charge in [-0.1, -0.05) is 74.8 Å². The summed E-state index contributed by atoms with van der Waals surface area (Å²) in [6.07, 6.45) is 2.71. The Morgan fingerprint density at radius 3 is 2.58 bits per heavy atom. The molecule has 1 aromatic heterocycles. The minimum atomic E-state index is -0.324. The first kappa shape index (κ1) is 26.3. The molecular weight excluding hydrogens is 516 g/mol. The SMILES string of the molecule is CC(C)(C)C1CCc2c(sc(NC(=O)COc3cccc(Cl)c3)c2C(=O)Nc2cccc3ccccc23)C1. The molecule has 0 bridgehead atoms. The molecule has 3 aromatic carbocycles. The summed E-state index contributed by atoms with van der Waals surface area (Å²) >= 11 is 7.53.